The minimum atomic E-state index is -1.42. The molecule has 0 radical (unpaired) electrons. The number of Topliss-reactive ketones (excluding diaryl/α,β-unsaturated/α-hetero) is 1. The van der Waals surface area contributed by atoms with Crippen LogP contribution in [0.1, 0.15) is 19.8 Å². The van der Waals surface area contributed by atoms with Crippen molar-refractivity contribution in [2.45, 2.75) is 37.6 Å². The Morgan fingerprint density at radius 2 is 2.09 bits per heavy atom. The van der Waals surface area contributed by atoms with Crippen molar-refractivity contribution in [1.82, 2.24) is 0 Å². The van der Waals surface area contributed by atoms with Gasteiger partial charge in [-0.15, -0.1) is 0 Å². The molecule has 0 aromatic carbocycles. The summed E-state index contributed by atoms with van der Waals surface area (Å²) in [6, 6.07) is 0. The van der Waals surface area contributed by atoms with E-state index in [-0.39, 0.29) is 12.8 Å². The first-order valence-electron chi connectivity index (χ1n) is 3.56. The van der Waals surface area contributed by atoms with Crippen LogP contribution in [0, 0.1) is 0 Å². The van der Waals surface area contributed by atoms with Crippen molar-refractivity contribution in [1.29, 1.82) is 0 Å². The normalized spacial score (nSPS) is 46.0. The number of hydrogen-bond acceptors (Lipinski definition) is 4. The van der Waals surface area contributed by atoms with E-state index in [9.17, 15) is 9.90 Å². The van der Waals surface area contributed by atoms with E-state index in [1.165, 1.54) is 6.92 Å². The molecule has 0 aromatic heterocycles. The first kappa shape index (κ1) is 8.64. The van der Waals surface area contributed by atoms with E-state index in [0.717, 1.165) is 0 Å². The molecule has 64 valence electrons. The summed E-state index contributed by atoms with van der Waals surface area (Å²) in [6.45, 7) is 1.41. The average Bonchev–Trinajstić information content (AvgIpc) is 1.95. The number of aliphatic hydroxyl groups excluding tert-OH is 2. The summed E-state index contributed by atoms with van der Waals surface area (Å²) in [5.41, 5.74) is -1.33. The van der Waals surface area contributed by atoms with Gasteiger partial charge < -0.3 is 15.3 Å². The molecule has 4 heteroatoms. The highest BCUT2D eigenvalue weighted by Crippen LogP contribution is 2.25. The van der Waals surface area contributed by atoms with E-state index in [4.69, 9.17) is 10.2 Å². The molecule has 4 nitrogen and oxygen atoms in total. The maximum atomic E-state index is 10.8. The van der Waals surface area contributed by atoms with Gasteiger partial charge >= 0.3 is 0 Å². The summed E-state index contributed by atoms with van der Waals surface area (Å²) in [5.74, 6) is -0.399. The lowest BCUT2D eigenvalue weighted by Gasteiger charge is -2.35. The molecule has 0 unspecified atom stereocenters. The second-order valence-corrected chi connectivity index (χ2v) is 3.21. The van der Waals surface area contributed by atoms with Gasteiger partial charge in [0.15, 0.2) is 5.78 Å². The van der Waals surface area contributed by atoms with Crippen molar-refractivity contribution in [2.75, 3.05) is 0 Å². The lowest BCUT2D eigenvalue weighted by Crippen LogP contribution is -2.54. The van der Waals surface area contributed by atoms with Crippen molar-refractivity contribution in [2.24, 2.45) is 0 Å². The van der Waals surface area contributed by atoms with E-state index >= 15 is 0 Å². The number of hydrogen-bond donors (Lipinski definition) is 3. The quantitative estimate of drug-likeness (QED) is 0.417. The van der Waals surface area contributed by atoms with Gasteiger partial charge in [0.2, 0.25) is 0 Å². The van der Waals surface area contributed by atoms with Gasteiger partial charge in [-0.1, -0.05) is 0 Å². The Labute approximate surface area is 64.5 Å². The highest BCUT2D eigenvalue weighted by molar-refractivity contribution is 5.84. The van der Waals surface area contributed by atoms with Gasteiger partial charge in [0.1, 0.15) is 12.2 Å². The number of rotatable bonds is 0. The fraction of sp³-hybridized carbons (Fsp3) is 0.857. The predicted octanol–water partition coefficient (Wildman–Crippen LogP) is -1.18. The van der Waals surface area contributed by atoms with Crippen LogP contribution in [-0.2, 0) is 4.79 Å². The summed E-state index contributed by atoms with van der Waals surface area (Å²) in [4.78, 5) is 10.8. The van der Waals surface area contributed by atoms with Crippen molar-refractivity contribution < 1.29 is 20.1 Å². The molecule has 1 aliphatic rings. The van der Waals surface area contributed by atoms with Gasteiger partial charge in [-0.2, -0.15) is 0 Å². The number of ketones is 1. The molecule has 0 aliphatic heterocycles. The molecule has 1 rings (SSSR count). The molecule has 1 fully saturated rings. The highest BCUT2D eigenvalue weighted by Gasteiger charge is 2.43. The van der Waals surface area contributed by atoms with Crippen LogP contribution >= 0.6 is 0 Å². The molecule has 0 bridgehead atoms. The topological polar surface area (TPSA) is 77.8 Å². The van der Waals surface area contributed by atoms with Crippen LogP contribution in [0.5, 0.6) is 0 Å². The van der Waals surface area contributed by atoms with Gasteiger partial charge in [0.05, 0.1) is 5.60 Å². The van der Waals surface area contributed by atoms with E-state index in [2.05, 4.69) is 0 Å². The Bertz CT molecular complexity index is 175. The van der Waals surface area contributed by atoms with Gasteiger partial charge in [0, 0.05) is 6.42 Å². The maximum Gasteiger partial charge on any atom is 0.164 e. The zero-order valence-corrected chi connectivity index (χ0v) is 6.32. The summed E-state index contributed by atoms with van der Waals surface area (Å²) in [5, 5.41) is 27.5. The molecule has 0 aromatic rings. The first-order chi connectivity index (χ1) is 4.95. The third kappa shape index (κ3) is 1.42. The standard InChI is InChI=1S/C7H12O4/c1-7(11)3-2-4(8)5(9)6(7)10/h5-6,9-11H,2-3H2,1H3/t5-,6-,7-/m1/s1. The minimum absolute atomic E-state index is 0.130. The summed E-state index contributed by atoms with van der Waals surface area (Å²) < 4.78 is 0. The maximum absolute atomic E-state index is 10.8. The fourth-order valence-electron chi connectivity index (χ4n) is 1.19. The van der Waals surface area contributed by atoms with Crippen molar-refractivity contribution in [3.8, 4) is 0 Å². The average molecular weight is 160 g/mol. The Balaban J connectivity index is 2.75. The van der Waals surface area contributed by atoms with Gasteiger partial charge in [-0.25, -0.2) is 0 Å². The van der Waals surface area contributed by atoms with Crippen LogP contribution in [0.25, 0.3) is 0 Å². The van der Waals surface area contributed by atoms with E-state index < -0.39 is 23.6 Å². The monoisotopic (exact) mass is 160 g/mol. The van der Waals surface area contributed by atoms with Crippen LogP contribution in [0.4, 0.5) is 0 Å². The molecule has 0 spiro atoms. The van der Waals surface area contributed by atoms with E-state index in [1.54, 1.807) is 0 Å². The molecule has 1 aliphatic carbocycles. The summed E-state index contributed by atoms with van der Waals surface area (Å²) in [6.07, 6.45) is -2.42. The van der Waals surface area contributed by atoms with Crippen LogP contribution in [0.15, 0.2) is 0 Å². The van der Waals surface area contributed by atoms with E-state index in [1.807, 2.05) is 0 Å². The van der Waals surface area contributed by atoms with Gasteiger partial charge in [0.25, 0.3) is 0 Å². The van der Waals surface area contributed by atoms with Gasteiger partial charge in [-0.3, -0.25) is 4.79 Å². The minimum Gasteiger partial charge on any atom is -0.387 e. The summed E-state index contributed by atoms with van der Waals surface area (Å²) >= 11 is 0. The molecule has 3 atom stereocenters. The molecule has 1 saturated carbocycles. The Kier molecular flexibility index (Phi) is 2.00. The highest BCUT2D eigenvalue weighted by atomic mass is 16.4. The van der Waals surface area contributed by atoms with Crippen LogP contribution in [0.2, 0.25) is 0 Å². The largest absolute Gasteiger partial charge is 0.387 e. The zero-order chi connectivity index (χ0) is 8.65. The number of carbonyl (C=O) groups is 1. The van der Waals surface area contributed by atoms with Crippen LogP contribution in [0.3, 0.4) is 0 Å². The SMILES string of the molecule is C[C@@]1(O)CCC(=O)[C@@H](O)[C@H]1O. The van der Waals surface area contributed by atoms with E-state index in [0.29, 0.717) is 0 Å². The Hall–Kier alpha value is -0.450. The van der Waals surface area contributed by atoms with Crippen molar-refractivity contribution in [3.63, 3.8) is 0 Å². The van der Waals surface area contributed by atoms with Gasteiger partial charge in [-0.05, 0) is 13.3 Å². The second kappa shape index (κ2) is 2.55. The molecular formula is C7H12O4. The molecule has 0 saturated heterocycles. The Morgan fingerprint density at radius 3 is 2.55 bits per heavy atom. The molecule has 0 heterocycles. The summed E-state index contributed by atoms with van der Waals surface area (Å²) in [7, 11) is 0. The first-order valence-corrected chi connectivity index (χ1v) is 3.56. The number of carbonyl (C=O) groups excluding carboxylic acids is 1. The molecule has 3 N–H and O–H groups in total. The van der Waals surface area contributed by atoms with Crippen molar-refractivity contribution >= 4 is 5.78 Å². The lowest BCUT2D eigenvalue weighted by molar-refractivity contribution is -0.163. The Morgan fingerprint density at radius 1 is 1.55 bits per heavy atom. The third-order valence-electron chi connectivity index (χ3n) is 2.14. The third-order valence-corrected chi connectivity index (χ3v) is 2.14. The number of aliphatic hydroxyl groups is 3. The fourth-order valence-corrected chi connectivity index (χ4v) is 1.19. The lowest BCUT2D eigenvalue weighted by atomic mass is 9.81. The predicted molar refractivity (Wildman–Crippen MR) is 36.9 cm³/mol. The zero-order valence-electron chi connectivity index (χ0n) is 6.32. The molecular weight excluding hydrogens is 148 g/mol. The second-order valence-electron chi connectivity index (χ2n) is 3.21. The van der Waals surface area contributed by atoms with Crippen molar-refractivity contribution in [3.05, 3.63) is 0 Å². The van der Waals surface area contributed by atoms with Crippen LogP contribution < -0.4 is 0 Å². The molecule has 0 amide bonds. The molecule has 11 heavy (non-hydrogen) atoms. The smallest absolute Gasteiger partial charge is 0.164 e. The van der Waals surface area contributed by atoms with Crippen LogP contribution in [-0.4, -0.2) is 38.9 Å².